The van der Waals surface area contributed by atoms with E-state index in [1.165, 1.54) is 4.57 Å². The zero-order valence-corrected chi connectivity index (χ0v) is 22.2. The molecule has 0 spiro atoms. The smallest absolute Gasteiger partial charge is 0.352 e. The molecule has 0 saturated carbocycles. The quantitative estimate of drug-likeness (QED) is 0.289. The number of rotatable bonds is 11. The second-order valence-corrected chi connectivity index (χ2v) is 9.73. The molecule has 40 heavy (non-hydrogen) atoms. The van der Waals surface area contributed by atoms with Gasteiger partial charge in [0.2, 0.25) is 5.88 Å². The van der Waals surface area contributed by atoms with Gasteiger partial charge in [0.15, 0.2) is 0 Å². The van der Waals surface area contributed by atoms with E-state index in [0.717, 1.165) is 17.1 Å². The predicted octanol–water partition coefficient (Wildman–Crippen LogP) is 2.16. The third-order valence-corrected chi connectivity index (χ3v) is 6.61. The van der Waals surface area contributed by atoms with Crippen molar-refractivity contribution in [3.8, 4) is 5.88 Å². The highest BCUT2D eigenvalue weighted by Crippen LogP contribution is 2.28. The molecular weight excluding hydrogens is 512 g/mol. The highest BCUT2D eigenvalue weighted by molar-refractivity contribution is 5.22. The van der Waals surface area contributed by atoms with Crippen LogP contribution in [0.3, 0.4) is 0 Å². The zero-order valence-electron chi connectivity index (χ0n) is 22.2. The van der Waals surface area contributed by atoms with Crippen molar-refractivity contribution in [2.75, 3.05) is 6.61 Å². The van der Waals surface area contributed by atoms with Gasteiger partial charge in [0.05, 0.1) is 35.5 Å². The third kappa shape index (κ3) is 6.93. The fourth-order valence-electron chi connectivity index (χ4n) is 4.63. The van der Waals surface area contributed by atoms with Gasteiger partial charge < -0.3 is 19.7 Å². The molecule has 0 bridgehead atoms. The molecule has 1 unspecified atom stereocenters. The van der Waals surface area contributed by atoms with Gasteiger partial charge in [-0.05, 0) is 43.3 Å². The number of ether oxygens (including phenoxy) is 2. The molecule has 208 valence electrons. The van der Waals surface area contributed by atoms with Crippen molar-refractivity contribution in [2.24, 2.45) is 0 Å². The third-order valence-electron chi connectivity index (χ3n) is 6.61. The topological polar surface area (TPSA) is 136 Å². The average Bonchev–Trinajstić information content (AvgIpc) is 3.34. The lowest BCUT2D eigenvalue weighted by Gasteiger charge is -2.21. The number of aryl methyl sites for hydroxylation is 1. The first-order valence-corrected chi connectivity index (χ1v) is 13.1. The molecule has 4 aromatic heterocycles. The van der Waals surface area contributed by atoms with Crippen LogP contribution in [0.4, 0.5) is 0 Å². The molecule has 1 saturated heterocycles. The van der Waals surface area contributed by atoms with E-state index in [4.69, 9.17) is 14.5 Å². The minimum absolute atomic E-state index is 0.136. The molecule has 0 aliphatic carbocycles. The Bertz CT molecular complexity index is 1410. The molecule has 2 N–H and O–H groups in total. The molecule has 1 aliphatic rings. The molecule has 5 heterocycles. The molecule has 3 atom stereocenters. The number of pyridine rings is 3. The number of aliphatic hydroxyl groups is 2. The van der Waals surface area contributed by atoms with Crippen LogP contribution >= 0.6 is 0 Å². The minimum atomic E-state index is -0.847. The van der Waals surface area contributed by atoms with Crippen molar-refractivity contribution in [2.45, 2.75) is 58.0 Å². The standard InChI is InChI=1S/C29H32N6O5/c1-20-14-35(27-13-25(37)26(18-36)40-27)29(38)33-28(20)39-19-24-10-6-9-23(32-24)17-34(15-21-7-2-4-11-30-21)16-22-8-3-5-12-31-22/h2-12,14,25-27,36-37H,13,15-19H2,1H3/t25?,26-,27-/m1/s1. The van der Waals surface area contributed by atoms with Crippen LogP contribution in [-0.2, 0) is 31.0 Å². The van der Waals surface area contributed by atoms with Crippen molar-refractivity contribution in [1.82, 2.24) is 29.4 Å². The number of nitrogens with zero attached hydrogens (tertiary/aromatic N) is 6. The van der Waals surface area contributed by atoms with Crippen molar-refractivity contribution in [1.29, 1.82) is 0 Å². The maximum absolute atomic E-state index is 12.7. The van der Waals surface area contributed by atoms with Gasteiger partial charge in [0.25, 0.3) is 0 Å². The van der Waals surface area contributed by atoms with Crippen LogP contribution in [0, 0.1) is 6.92 Å². The van der Waals surface area contributed by atoms with Crippen LogP contribution in [-0.4, -0.2) is 58.4 Å². The van der Waals surface area contributed by atoms with Gasteiger partial charge in [-0.3, -0.25) is 24.4 Å². The average molecular weight is 545 g/mol. The van der Waals surface area contributed by atoms with Gasteiger partial charge in [0, 0.05) is 50.2 Å². The van der Waals surface area contributed by atoms with E-state index in [-0.39, 0.29) is 25.5 Å². The molecule has 1 aliphatic heterocycles. The molecule has 5 rings (SSSR count). The van der Waals surface area contributed by atoms with Gasteiger partial charge in [-0.1, -0.05) is 18.2 Å². The Morgan fingerprint density at radius 3 is 2.23 bits per heavy atom. The highest BCUT2D eigenvalue weighted by atomic mass is 16.5. The summed E-state index contributed by atoms with van der Waals surface area (Å²) in [4.78, 5) is 32.7. The Morgan fingerprint density at radius 1 is 0.950 bits per heavy atom. The number of aromatic nitrogens is 5. The summed E-state index contributed by atoms with van der Waals surface area (Å²) in [5.41, 5.74) is 3.56. The van der Waals surface area contributed by atoms with Gasteiger partial charge in [0.1, 0.15) is 18.9 Å². The van der Waals surface area contributed by atoms with E-state index >= 15 is 0 Å². The summed E-state index contributed by atoms with van der Waals surface area (Å²) < 4.78 is 12.8. The van der Waals surface area contributed by atoms with E-state index < -0.39 is 24.1 Å². The van der Waals surface area contributed by atoms with Crippen molar-refractivity contribution < 1.29 is 19.7 Å². The van der Waals surface area contributed by atoms with Crippen LogP contribution in [0.5, 0.6) is 5.88 Å². The fourth-order valence-corrected chi connectivity index (χ4v) is 4.63. The second kappa shape index (κ2) is 12.9. The summed E-state index contributed by atoms with van der Waals surface area (Å²) in [6.45, 7) is 3.45. The molecule has 1 fully saturated rings. The maximum atomic E-state index is 12.7. The Hall–Kier alpha value is -4.03. The Morgan fingerprint density at radius 2 is 1.60 bits per heavy atom. The van der Waals surface area contributed by atoms with Gasteiger partial charge in [-0.15, -0.1) is 0 Å². The minimum Gasteiger partial charge on any atom is -0.471 e. The molecule has 0 amide bonds. The van der Waals surface area contributed by atoms with E-state index in [1.807, 2.05) is 54.6 Å². The molecule has 4 aromatic rings. The van der Waals surface area contributed by atoms with Crippen molar-refractivity contribution >= 4 is 0 Å². The Labute approximate surface area is 231 Å². The lowest BCUT2D eigenvalue weighted by Crippen LogP contribution is -2.28. The lowest BCUT2D eigenvalue weighted by atomic mass is 10.2. The summed E-state index contributed by atoms with van der Waals surface area (Å²) in [5, 5.41) is 19.3. The number of aliphatic hydroxyl groups excluding tert-OH is 2. The van der Waals surface area contributed by atoms with Gasteiger partial charge in [-0.2, -0.15) is 4.98 Å². The first-order chi connectivity index (χ1) is 19.5. The van der Waals surface area contributed by atoms with Crippen LogP contribution < -0.4 is 10.4 Å². The molecule has 11 heteroatoms. The molecule has 0 aromatic carbocycles. The van der Waals surface area contributed by atoms with Crippen molar-refractivity contribution in [3.05, 3.63) is 112 Å². The first-order valence-electron chi connectivity index (χ1n) is 13.1. The fraction of sp³-hybridized carbons (Fsp3) is 0.345. The van der Waals surface area contributed by atoms with Crippen LogP contribution in [0.25, 0.3) is 0 Å². The molecule has 0 radical (unpaired) electrons. The Kier molecular flexibility index (Phi) is 8.87. The number of hydrogen-bond donors (Lipinski definition) is 2. The van der Waals surface area contributed by atoms with Gasteiger partial charge >= 0.3 is 5.69 Å². The molecule has 11 nitrogen and oxygen atoms in total. The predicted molar refractivity (Wildman–Crippen MR) is 145 cm³/mol. The molecular formula is C29H32N6O5. The SMILES string of the molecule is Cc1cn([C@H]2CC(O)[C@@H](CO)O2)c(=O)nc1OCc1cccc(CN(Cc2ccccn2)Cc2ccccn2)n1. The van der Waals surface area contributed by atoms with Crippen LogP contribution in [0.2, 0.25) is 0 Å². The van der Waals surface area contributed by atoms with Gasteiger partial charge in [-0.25, -0.2) is 4.79 Å². The largest absolute Gasteiger partial charge is 0.471 e. The normalized spacial score (nSPS) is 18.8. The van der Waals surface area contributed by atoms with Crippen LogP contribution in [0.15, 0.2) is 78.0 Å². The van der Waals surface area contributed by atoms with Crippen LogP contribution in [0.1, 0.15) is 41.0 Å². The van der Waals surface area contributed by atoms with E-state index in [9.17, 15) is 15.0 Å². The van der Waals surface area contributed by atoms with Crippen molar-refractivity contribution in [3.63, 3.8) is 0 Å². The Balaban J connectivity index is 1.26. The van der Waals surface area contributed by atoms with E-state index in [0.29, 0.717) is 30.9 Å². The highest BCUT2D eigenvalue weighted by Gasteiger charge is 2.35. The summed E-state index contributed by atoms with van der Waals surface area (Å²) in [6, 6.07) is 17.5. The monoisotopic (exact) mass is 544 g/mol. The zero-order chi connectivity index (χ0) is 27.9. The first kappa shape index (κ1) is 27.5. The summed E-state index contributed by atoms with van der Waals surface area (Å²) in [7, 11) is 0. The van der Waals surface area contributed by atoms with E-state index in [1.54, 1.807) is 25.5 Å². The van der Waals surface area contributed by atoms with E-state index in [2.05, 4.69) is 19.9 Å². The summed E-state index contributed by atoms with van der Waals surface area (Å²) in [6.07, 6.45) is 3.09. The maximum Gasteiger partial charge on any atom is 0.352 e. The summed E-state index contributed by atoms with van der Waals surface area (Å²) >= 11 is 0. The lowest BCUT2D eigenvalue weighted by molar-refractivity contribution is -0.0460. The number of hydrogen-bond acceptors (Lipinski definition) is 10. The second-order valence-electron chi connectivity index (χ2n) is 9.73. The summed E-state index contributed by atoms with van der Waals surface area (Å²) in [5.74, 6) is 0.206.